The lowest BCUT2D eigenvalue weighted by molar-refractivity contribution is -0.00166. The molecule has 2 rings (SSSR count). The molecule has 6 nitrogen and oxygen atoms in total. The van der Waals surface area contributed by atoms with Crippen LogP contribution >= 0.6 is 0 Å². The second-order valence-corrected chi connectivity index (χ2v) is 5.48. The number of piperidine rings is 1. The summed E-state index contributed by atoms with van der Waals surface area (Å²) in [5.74, 6) is -0.851. The number of methoxy groups -OCH3 is 2. The van der Waals surface area contributed by atoms with Gasteiger partial charge in [0, 0.05) is 20.2 Å². The fraction of sp³-hybridized carbons (Fsp3) is 0.500. The number of carbonyl (C=O) groups is 2. The van der Waals surface area contributed by atoms with Crippen LogP contribution in [0.3, 0.4) is 0 Å². The maximum atomic E-state index is 12.7. The zero-order valence-electron chi connectivity index (χ0n) is 13.0. The number of likely N-dealkylation sites (tertiary alicyclic amines) is 1. The normalized spacial score (nSPS) is 21.5. The Morgan fingerprint density at radius 1 is 1.27 bits per heavy atom. The van der Waals surface area contributed by atoms with Crippen molar-refractivity contribution in [3.05, 3.63) is 29.3 Å². The SMILES string of the molecule is COc1c(C(=O)O)cccc1C(=O)N1CC[C@@H](C)[C@H](OC)C1. The Labute approximate surface area is 129 Å². The number of hydrogen-bond donors (Lipinski definition) is 1. The van der Waals surface area contributed by atoms with Crippen molar-refractivity contribution < 1.29 is 24.2 Å². The van der Waals surface area contributed by atoms with E-state index in [0.29, 0.717) is 19.0 Å². The molecule has 0 aromatic heterocycles. The van der Waals surface area contributed by atoms with Crippen LogP contribution in [-0.4, -0.2) is 55.3 Å². The van der Waals surface area contributed by atoms with E-state index >= 15 is 0 Å². The molecule has 1 aromatic rings. The Kier molecular flexibility index (Phi) is 5.03. The third-order valence-corrected chi connectivity index (χ3v) is 4.16. The van der Waals surface area contributed by atoms with Crippen molar-refractivity contribution >= 4 is 11.9 Å². The average Bonchev–Trinajstić information content (AvgIpc) is 2.53. The summed E-state index contributed by atoms with van der Waals surface area (Å²) in [5, 5.41) is 9.20. The van der Waals surface area contributed by atoms with E-state index in [0.717, 1.165) is 6.42 Å². The van der Waals surface area contributed by atoms with E-state index in [4.69, 9.17) is 9.47 Å². The second-order valence-electron chi connectivity index (χ2n) is 5.48. The molecule has 0 saturated carbocycles. The fourth-order valence-corrected chi connectivity index (χ4v) is 2.79. The van der Waals surface area contributed by atoms with Crippen molar-refractivity contribution in [1.29, 1.82) is 0 Å². The van der Waals surface area contributed by atoms with Crippen LogP contribution in [0.4, 0.5) is 0 Å². The molecule has 1 saturated heterocycles. The minimum absolute atomic E-state index is 0.00801. The topological polar surface area (TPSA) is 76.1 Å². The maximum Gasteiger partial charge on any atom is 0.339 e. The highest BCUT2D eigenvalue weighted by molar-refractivity contribution is 6.02. The summed E-state index contributed by atoms with van der Waals surface area (Å²) in [4.78, 5) is 25.7. The van der Waals surface area contributed by atoms with Crippen LogP contribution in [0, 0.1) is 5.92 Å². The Hall–Kier alpha value is -2.08. The molecule has 2 atom stereocenters. The molecule has 1 aliphatic rings. The molecule has 1 aromatic carbocycles. The van der Waals surface area contributed by atoms with Crippen molar-refractivity contribution in [1.82, 2.24) is 4.90 Å². The predicted octanol–water partition coefficient (Wildman–Crippen LogP) is 1.89. The minimum Gasteiger partial charge on any atom is -0.495 e. The van der Waals surface area contributed by atoms with E-state index < -0.39 is 5.97 Å². The highest BCUT2D eigenvalue weighted by atomic mass is 16.5. The molecule has 0 bridgehead atoms. The molecule has 0 radical (unpaired) electrons. The summed E-state index contributed by atoms with van der Waals surface area (Å²) in [7, 11) is 3.01. The van der Waals surface area contributed by atoms with Gasteiger partial charge in [-0.05, 0) is 24.5 Å². The second kappa shape index (κ2) is 6.79. The van der Waals surface area contributed by atoms with Gasteiger partial charge in [-0.1, -0.05) is 13.0 Å². The summed E-state index contributed by atoms with van der Waals surface area (Å²) < 4.78 is 10.6. The van der Waals surface area contributed by atoms with Crippen LogP contribution in [0.25, 0.3) is 0 Å². The molecule has 0 spiro atoms. The molecule has 0 aliphatic carbocycles. The molecule has 0 unspecified atom stereocenters. The van der Waals surface area contributed by atoms with Crippen molar-refractivity contribution in [3.63, 3.8) is 0 Å². The first-order chi connectivity index (χ1) is 10.5. The zero-order valence-corrected chi connectivity index (χ0v) is 13.0. The lowest BCUT2D eigenvalue weighted by Crippen LogP contribution is -2.46. The number of hydrogen-bond acceptors (Lipinski definition) is 4. The van der Waals surface area contributed by atoms with E-state index in [2.05, 4.69) is 6.92 Å². The van der Waals surface area contributed by atoms with Gasteiger partial charge in [-0.3, -0.25) is 4.79 Å². The number of para-hydroxylation sites is 1. The molecule has 1 amide bonds. The Morgan fingerprint density at radius 2 is 1.95 bits per heavy atom. The van der Waals surface area contributed by atoms with E-state index in [9.17, 15) is 14.7 Å². The largest absolute Gasteiger partial charge is 0.495 e. The third-order valence-electron chi connectivity index (χ3n) is 4.16. The standard InChI is InChI=1S/C16H21NO5/c1-10-7-8-17(9-13(10)21-2)15(18)11-5-4-6-12(16(19)20)14(11)22-3/h4-6,10,13H,7-9H2,1-3H3,(H,19,20)/t10-,13-/m1/s1. The molecule has 1 fully saturated rings. The first kappa shape index (κ1) is 16.3. The minimum atomic E-state index is -1.12. The Morgan fingerprint density at radius 3 is 2.55 bits per heavy atom. The number of carbonyl (C=O) groups excluding carboxylic acids is 1. The van der Waals surface area contributed by atoms with Gasteiger partial charge in [-0.2, -0.15) is 0 Å². The fourth-order valence-electron chi connectivity index (χ4n) is 2.79. The molecule has 22 heavy (non-hydrogen) atoms. The van der Waals surface area contributed by atoms with Crippen LogP contribution in [0.5, 0.6) is 5.75 Å². The molecule has 6 heteroatoms. The van der Waals surface area contributed by atoms with Gasteiger partial charge in [0.25, 0.3) is 5.91 Å². The summed E-state index contributed by atoms with van der Waals surface area (Å²) in [6.45, 7) is 3.22. The molecule has 1 aliphatic heterocycles. The summed E-state index contributed by atoms with van der Waals surface area (Å²) in [6.07, 6.45) is 0.844. The zero-order chi connectivity index (χ0) is 16.3. The number of rotatable bonds is 4. The van der Waals surface area contributed by atoms with E-state index in [1.54, 1.807) is 24.1 Å². The van der Waals surface area contributed by atoms with Gasteiger partial charge < -0.3 is 19.5 Å². The molecule has 1 N–H and O–H groups in total. The van der Waals surface area contributed by atoms with Crippen LogP contribution in [0.2, 0.25) is 0 Å². The average molecular weight is 307 g/mol. The monoisotopic (exact) mass is 307 g/mol. The van der Waals surface area contributed by atoms with Crippen molar-refractivity contribution in [2.24, 2.45) is 5.92 Å². The van der Waals surface area contributed by atoms with Gasteiger partial charge >= 0.3 is 5.97 Å². The third kappa shape index (κ3) is 3.06. The van der Waals surface area contributed by atoms with Crippen LogP contribution in [0.1, 0.15) is 34.1 Å². The molecular weight excluding hydrogens is 286 g/mol. The van der Waals surface area contributed by atoms with Gasteiger partial charge in [0.05, 0.1) is 18.8 Å². The highest BCUT2D eigenvalue weighted by Crippen LogP contribution is 2.27. The lowest BCUT2D eigenvalue weighted by atomic mass is 9.95. The first-order valence-electron chi connectivity index (χ1n) is 7.22. The number of nitrogens with zero attached hydrogens (tertiary/aromatic N) is 1. The first-order valence-corrected chi connectivity index (χ1v) is 7.22. The van der Waals surface area contributed by atoms with E-state index in [-0.39, 0.29) is 28.9 Å². The van der Waals surface area contributed by atoms with Gasteiger partial charge in [0.1, 0.15) is 11.3 Å². The number of ether oxygens (including phenoxy) is 2. The maximum absolute atomic E-state index is 12.7. The van der Waals surface area contributed by atoms with E-state index in [1.165, 1.54) is 13.2 Å². The van der Waals surface area contributed by atoms with Crippen molar-refractivity contribution in [2.45, 2.75) is 19.4 Å². The molecule has 120 valence electrons. The van der Waals surface area contributed by atoms with Crippen LogP contribution in [-0.2, 0) is 4.74 Å². The molecule has 1 heterocycles. The van der Waals surface area contributed by atoms with Gasteiger partial charge in [-0.25, -0.2) is 4.79 Å². The summed E-state index contributed by atoms with van der Waals surface area (Å²) in [6, 6.07) is 4.57. The number of carboxylic acid groups (broad SMARTS) is 1. The van der Waals surface area contributed by atoms with Gasteiger partial charge in [0.2, 0.25) is 0 Å². The number of carboxylic acids is 1. The Balaban J connectivity index is 2.30. The summed E-state index contributed by atoms with van der Waals surface area (Å²) in [5.41, 5.74) is 0.258. The van der Waals surface area contributed by atoms with Crippen LogP contribution < -0.4 is 4.74 Å². The molecular formula is C16H21NO5. The number of amides is 1. The quantitative estimate of drug-likeness (QED) is 0.919. The predicted molar refractivity (Wildman–Crippen MR) is 80.4 cm³/mol. The smallest absolute Gasteiger partial charge is 0.339 e. The van der Waals surface area contributed by atoms with Gasteiger partial charge in [-0.15, -0.1) is 0 Å². The van der Waals surface area contributed by atoms with Crippen molar-refractivity contribution in [3.8, 4) is 5.75 Å². The van der Waals surface area contributed by atoms with E-state index in [1.807, 2.05) is 0 Å². The highest BCUT2D eigenvalue weighted by Gasteiger charge is 2.31. The van der Waals surface area contributed by atoms with Gasteiger partial charge in [0.15, 0.2) is 0 Å². The Bertz CT molecular complexity index is 572. The summed E-state index contributed by atoms with van der Waals surface area (Å²) >= 11 is 0. The number of benzene rings is 1. The van der Waals surface area contributed by atoms with Crippen LogP contribution in [0.15, 0.2) is 18.2 Å². The van der Waals surface area contributed by atoms with Crippen molar-refractivity contribution in [2.75, 3.05) is 27.3 Å². The number of aromatic carboxylic acids is 1. The lowest BCUT2D eigenvalue weighted by Gasteiger charge is -2.36.